The van der Waals surface area contributed by atoms with E-state index in [0.29, 0.717) is 0 Å². The van der Waals surface area contributed by atoms with Gasteiger partial charge in [0.2, 0.25) is 29.5 Å². The number of hydrogen-bond donors (Lipinski definition) is 9. The molecule has 3 unspecified atom stereocenters. The number of carbonyl (C=O) groups excluding carboxylic acids is 5. The lowest BCUT2D eigenvalue weighted by atomic mass is 10.1. The number of hydrogen-bond acceptors (Lipinski definition) is 8. The molecular formula is C18H33N9O7. The first-order chi connectivity index (χ1) is 15.8. The predicted octanol–water partition coefficient (Wildman–Crippen LogP) is -4.93. The Kier molecular flexibility index (Phi) is 14.0. The van der Waals surface area contributed by atoms with E-state index >= 15 is 0 Å². The van der Waals surface area contributed by atoms with Gasteiger partial charge in [-0.05, 0) is 25.7 Å². The second-order valence-electron chi connectivity index (χ2n) is 7.30. The third-order valence-corrected chi connectivity index (χ3v) is 4.35. The van der Waals surface area contributed by atoms with Gasteiger partial charge in [-0.2, -0.15) is 0 Å². The Morgan fingerprint density at radius 1 is 0.794 bits per heavy atom. The molecule has 16 heteroatoms. The van der Waals surface area contributed by atoms with Crippen molar-refractivity contribution in [2.75, 3.05) is 13.1 Å². The van der Waals surface area contributed by atoms with Crippen molar-refractivity contribution in [2.45, 2.75) is 56.7 Å². The molecule has 0 aromatic carbocycles. The molecule has 0 aromatic heterocycles. The van der Waals surface area contributed by atoms with Crippen molar-refractivity contribution in [3.63, 3.8) is 0 Å². The normalized spacial score (nSPS) is 13.0. The number of aliphatic imine (C=N–C) groups is 1. The molecule has 34 heavy (non-hydrogen) atoms. The summed E-state index contributed by atoms with van der Waals surface area (Å²) in [7, 11) is 0. The van der Waals surface area contributed by atoms with Gasteiger partial charge in [-0.3, -0.25) is 29.0 Å². The SMILES string of the molecule is NC(=O)CCC(N)C(=O)NCC(=O)NC(CCC(N)=O)C(=O)NC(CCCN=C(N)N)C(=O)O. The van der Waals surface area contributed by atoms with Gasteiger partial charge in [-0.25, -0.2) is 4.79 Å². The van der Waals surface area contributed by atoms with E-state index in [9.17, 15) is 33.9 Å². The number of carbonyl (C=O) groups is 6. The number of nitrogens with two attached hydrogens (primary N) is 5. The maximum atomic E-state index is 12.6. The van der Waals surface area contributed by atoms with E-state index in [1.807, 2.05) is 0 Å². The molecule has 192 valence electrons. The lowest BCUT2D eigenvalue weighted by Crippen LogP contribution is -2.54. The van der Waals surface area contributed by atoms with Gasteiger partial charge in [-0.15, -0.1) is 0 Å². The Hall–Kier alpha value is -3.95. The second-order valence-corrected chi connectivity index (χ2v) is 7.30. The summed E-state index contributed by atoms with van der Waals surface area (Å²) in [6, 6.07) is -3.69. The highest BCUT2D eigenvalue weighted by molar-refractivity contribution is 5.93. The molecule has 0 spiro atoms. The van der Waals surface area contributed by atoms with Crippen LogP contribution < -0.4 is 44.6 Å². The fourth-order valence-electron chi connectivity index (χ4n) is 2.56. The summed E-state index contributed by atoms with van der Waals surface area (Å²) in [5.41, 5.74) is 26.0. The Morgan fingerprint density at radius 2 is 1.38 bits per heavy atom. The molecule has 0 aliphatic rings. The first kappa shape index (κ1) is 30.0. The zero-order valence-corrected chi connectivity index (χ0v) is 18.6. The van der Waals surface area contributed by atoms with Gasteiger partial charge >= 0.3 is 5.97 Å². The van der Waals surface area contributed by atoms with Crippen LogP contribution in [0.1, 0.15) is 38.5 Å². The van der Waals surface area contributed by atoms with Gasteiger partial charge in [0, 0.05) is 19.4 Å². The number of nitrogens with one attached hydrogen (secondary N) is 3. The summed E-state index contributed by atoms with van der Waals surface area (Å²) in [5.74, 6) is -5.26. The Labute approximate surface area is 195 Å². The Balaban J connectivity index is 4.97. The second kappa shape index (κ2) is 15.8. The summed E-state index contributed by atoms with van der Waals surface area (Å²) < 4.78 is 0. The number of aliphatic carboxylic acids is 1. The molecule has 0 saturated heterocycles. The summed E-state index contributed by atoms with van der Waals surface area (Å²) >= 11 is 0. The van der Waals surface area contributed by atoms with E-state index in [4.69, 9.17) is 28.7 Å². The molecule has 3 atom stereocenters. The maximum absolute atomic E-state index is 12.6. The van der Waals surface area contributed by atoms with Crippen molar-refractivity contribution in [1.82, 2.24) is 16.0 Å². The molecular weight excluding hydrogens is 454 g/mol. The van der Waals surface area contributed by atoms with Crippen LogP contribution >= 0.6 is 0 Å². The van der Waals surface area contributed by atoms with Crippen molar-refractivity contribution in [1.29, 1.82) is 0 Å². The van der Waals surface area contributed by atoms with E-state index in [1.54, 1.807) is 0 Å². The quantitative estimate of drug-likeness (QED) is 0.0534. The molecule has 0 rings (SSSR count). The van der Waals surface area contributed by atoms with Crippen molar-refractivity contribution in [3.8, 4) is 0 Å². The zero-order valence-electron chi connectivity index (χ0n) is 18.6. The molecule has 14 N–H and O–H groups in total. The van der Waals surface area contributed by atoms with E-state index < -0.39 is 60.2 Å². The van der Waals surface area contributed by atoms with Crippen LogP contribution in [-0.2, 0) is 28.8 Å². The number of amides is 5. The largest absolute Gasteiger partial charge is 0.480 e. The highest BCUT2D eigenvalue weighted by Gasteiger charge is 2.27. The lowest BCUT2D eigenvalue weighted by molar-refractivity contribution is -0.142. The van der Waals surface area contributed by atoms with Crippen LogP contribution in [0.5, 0.6) is 0 Å². The molecule has 0 radical (unpaired) electrons. The third kappa shape index (κ3) is 14.2. The smallest absolute Gasteiger partial charge is 0.326 e. The molecule has 0 bridgehead atoms. The van der Waals surface area contributed by atoms with E-state index in [0.717, 1.165) is 0 Å². The summed E-state index contributed by atoms with van der Waals surface area (Å²) in [5, 5.41) is 16.2. The van der Waals surface area contributed by atoms with Crippen LogP contribution in [-0.4, -0.2) is 77.8 Å². The number of carboxylic acid groups (broad SMARTS) is 1. The van der Waals surface area contributed by atoms with Crippen molar-refractivity contribution < 1.29 is 33.9 Å². The van der Waals surface area contributed by atoms with Gasteiger partial charge in [0.25, 0.3) is 0 Å². The number of nitrogens with zero attached hydrogens (tertiary/aromatic N) is 1. The van der Waals surface area contributed by atoms with Crippen molar-refractivity contribution >= 4 is 41.5 Å². The molecule has 0 aliphatic carbocycles. The molecule has 0 fully saturated rings. The van der Waals surface area contributed by atoms with Crippen LogP contribution in [0.4, 0.5) is 0 Å². The minimum Gasteiger partial charge on any atom is -0.480 e. The van der Waals surface area contributed by atoms with Gasteiger partial charge in [-0.1, -0.05) is 0 Å². The Morgan fingerprint density at radius 3 is 1.91 bits per heavy atom. The third-order valence-electron chi connectivity index (χ3n) is 4.35. The van der Waals surface area contributed by atoms with Crippen LogP contribution in [0.25, 0.3) is 0 Å². The van der Waals surface area contributed by atoms with Gasteiger partial charge in [0.1, 0.15) is 12.1 Å². The molecule has 16 nitrogen and oxygen atoms in total. The number of carboxylic acids is 1. The number of rotatable bonds is 17. The van der Waals surface area contributed by atoms with Crippen molar-refractivity contribution in [3.05, 3.63) is 0 Å². The van der Waals surface area contributed by atoms with Crippen LogP contribution in [0.2, 0.25) is 0 Å². The first-order valence-electron chi connectivity index (χ1n) is 10.3. The van der Waals surface area contributed by atoms with E-state index in [2.05, 4.69) is 20.9 Å². The highest BCUT2D eigenvalue weighted by atomic mass is 16.4. The van der Waals surface area contributed by atoms with E-state index in [1.165, 1.54) is 0 Å². The van der Waals surface area contributed by atoms with Crippen LogP contribution in [0.3, 0.4) is 0 Å². The molecule has 0 saturated carbocycles. The van der Waals surface area contributed by atoms with Crippen molar-refractivity contribution in [2.24, 2.45) is 33.7 Å². The zero-order chi connectivity index (χ0) is 26.3. The molecule has 0 heterocycles. The summed E-state index contributed by atoms with van der Waals surface area (Å²) in [6.45, 7) is -0.421. The maximum Gasteiger partial charge on any atom is 0.326 e. The average Bonchev–Trinajstić information content (AvgIpc) is 2.74. The summed E-state index contributed by atoms with van der Waals surface area (Å²) in [4.78, 5) is 73.7. The fraction of sp³-hybridized carbons (Fsp3) is 0.611. The van der Waals surface area contributed by atoms with Crippen LogP contribution in [0.15, 0.2) is 4.99 Å². The highest BCUT2D eigenvalue weighted by Crippen LogP contribution is 2.03. The number of primary amides is 2. The lowest BCUT2D eigenvalue weighted by Gasteiger charge is -2.21. The monoisotopic (exact) mass is 487 g/mol. The molecule has 5 amide bonds. The fourth-order valence-corrected chi connectivity index (χ4v) is 2.56. The molecule has 0 aromatic rings. The van der Waals surface area contributed by atoms with E-state index in [-0.39, 0.29) is 51.0 Å². The number of guanidine groups is 1. The topological polar surface area (TPSA) is 301 Å². The minimum atomic E-state index is -1.32. The average molecular weight is 488 g/mol. The first-order valence-corrected chi connectivity index (χ1v) is 10.3. The predicted molar refractivity (Wildman–Crippen MR) is 119 cm³/mol. The Bertz CT molecular complexity index is 784. The van der Waals surface area contributed by atoms with Gasteiger partial charge in [0.15, 0.2) is 5.96 Å². The van der Waals surface area contributed by atoms with Crippen LogP contribution in [0, 0.1) is 0 Å². The van der Waals surface area contributed by atoms with Gasteiger partial charge in [0.05, 0.1) is 12.6 Å². The summed E-state index contributed by atoms with van der Waals surface area (Å²) in [6.07, 6.45) is -0.383. The standard InChI is InChI=1S/C18H33N9O7/c19-9(3-5-12(20)28)15(31)25-8-14(30)26-10(4-6-13(21)29)16(32)27-11(17(33)34)2-1-7-24-18(22)23/h9-11H,1-8,19H2,(H2,20,28)(H2,21,29)(H,25,31)(H,26,30)(H,27,32)(H,33,34)(H4,22,23,24). The minimum absolute atomic E-state index is 0.00636. The molecule has 0 aliphatic heterocycles. The van der Waals surface area contributed by atoms with Gasteiger partial charge < -0.3 is 49.7 Å².